The number of aryl methyl sites for hydroxylation is 1. The molecule has 5 heteroatoms. The van der Waals surface area contributed by atoms with E-state index in [0.717, 1.165) is 22.4 Å². The molecule has 25 heavy (non-hydrogen) atoms. The molecule has 0 aliphatic heterocycles. The largest absolute Gasteiger partial charge is 0.492 e. The lowest BCUT2D eigenvalue weighted by molar-refractivity contribution is 0.314. The van der Waals surface area contributed by atoms with E-state index in [-0.39, 0.29) is 17.7 Å². The number of hydrogen-bond donors (Lipinski definition) is 1. The van der Waals surface area contributed by atoms with E-state index in [1.54, 1.807) is 0 Å². The molecule has 2 rings (SSSR count). The summed E-state index contributed by atoms with van der Waals surface area (Å²) in [5.74, 6) is 0.777. The van der Waals surface area contributed by atoms with Crippen molar-refractivity contribution in [2.24, 2.45) is 0 Å². The van der Waals surface area contributed by atoms with Crippen LogP contribution in [-0.4, -0.2) is 21.6 Å². The molecule has 0 amide bonds. The highest BCUT2D eigenvalue weighted by molar-refractivity contribution is 7.88. The highest BCUT2D eigenvalue weighted by atomic mass is 32.2. The van der Waals surface area contributed by atoms with Crippen LogP contribution in [0.4, 0.5) is 0 Å². The Hall–Kier alpha value is -1.85. The van der Waals surface area contributed by atoms with Crippen LogP contribution < -0.4 is 9.46 Å². The SMILES string of the molecule is Cc1ccc(CS(=O)(=O)NCCOc2ccccc2C(C)(C)C)cc1. The first-order valence-corrected chi connectivity index (χ1v) is 10.1. The van der Waals surface area contributed by atoms with E-state index < -0.39 is 10.0 Å². The second-order valence-electron chi connectivity index (χ2n) is 7.23. The van der Waals surface area contributed by atoms with Crippen molar-refractivity contribution in [3.8, 4) is 5.75 Å². The molecule has 0 atom stereocenters. The summed E-state index contributed by atoms with van der Waals surface area (Å²) in [6.45, 7) is 8.88. The summed E-state index contributed by atoms with van der Waals surface area (Å²) in [7, 11) is -3.37. The Kier molecular flexibility index (Phi) is 6.25. The molecule has 0 unspecified atom stereocenters. The van der Waals surface area contributed by atoms with E-state index in [2.05, 4.69) is 25.5 Å². The van der Waals surface area contributed by atoms with E-state index in [9.17, 15) is 8.42 Å². The summed E-state index contributed by atoms with van der Waals surface area (Å²) < 4.78 is 32.7. The van der Waals surface area contributed by atoms with Gasteiger partial charge in [-0.2, -0.15) is 0 Å². The summed E-state index contributed by atoms with van der Waals surface area (Å²) in [5.41, 5.74) is 2.97. The standard InChI is InChI=1S/C20H27NO3S/c1-16-9-11-17(12-10-16)15-25(22,23)21-13-14-24-19-8-6-5-7-18(19)20(2,3)4/h5-12,21H,13-15H2,1-4H3. The molecule has 1 N–H and O–H groups in total. The van der Waals surface area contributed by atoms with Crippen LogP contribution in [-0.2, 0) is 21.2 Å². The van der Waals surface area contributed by atoms with Gasteiger partial charge < -0.3 is 4.74 Å². The van der Waals surface area contributed by atoms with E-state index >= 15 is 0 Å². The minimum atomic E-state index is -3.37. The Morgan fingerprint density at radius 2 is 1.64 bits per heavy atom. The molecule has 0 saturated heterocycles. The third-order valence-corrected chi connectivity index (χ3v) is 5.21. The van der Waals surface area contributed by atoms with Crippen LogP contribution in [0.3, 0.4) is 0 Å². The third kappa shape index (κ3) is 6.18. The zero-order chi connectivity index (χ0) is 18.5. The molecule has 0 saturated carbocycles. The van der Waals surface area contributed by atoms with Crippen molar-refractivity contribution in [2.75, 3.05) is 13.2 Å². The summed E-state index contributed by atoms with van der Waals surface area (Å²) in [5, 5.41) is 0. The lowest BCUT2D eigenvalue weighted by Gasteiger charge is -2.22. The second-order valence-corrected chi connectivity index (χ2v) is 9.04. The number of sulfonamides is 1. The van der Waals surface area contributed by atoms with Crippen LogP contribution in [0.15, 0.2) is 48.5 Å². The number of hydrogen-bond acceptors (Lipinski definition) is 3. The van der Waals surface area contributed by atoms with Gasteiger partial charge in [0.15, 0.2) is 0 Å². The van der Waals surface area contributed by atoms with Gasteiger partial charge in [-0.3, -0.25) is 0 Å². The van der Waals surface area contributed by atoms with Gasteiger partial charge in [0.2, 0.25) is 10.0 Å². The van der Waals surface area contributed by atoms with Gasteiger partial charge in [-0.15, -0.1) is 0 Å². The fourth-order valence-electron chi connectivity index (χ4n) is 2.53. The van der Waals surface area contributed by atoms with Crippen molar-refractivity contribution in [2.45, 2.75) is 38.9 Å². The first-order valence-electron chi connectivity index (χ1n) is 8.42. The molecular formula is C20H27NO3S. The smallest absolute Gasteiger partial charge is 0.215 e. The van der Waals surface area contributed by atoms with Crippen molar-refractivity contribution in [3.63, 3.8) is 0 Å². The van der Waals surface area contributed by atoms with Crippen molar-refractivity contribution in [3.05, 3.63) is 65.2 Å². The average molecular weight is 362 g/mol. The van der Waals surface area contributed by atoms with Crippen LogP contribution >= 0.6 is 0 Å². The van der Waals surface area contributed by atoms with Crippen molar-refractivity contribution < 1.29 is 13.2 Å². The van der Waals surface area contributed by atoms with Crippen LogP contribution in [0.5, 0.6) is 5.75 Å². The predicted molar refractivity (Wildman–Crippen MR) is 102 cm³/mol. The Morgan fingerprint density at radius 1 is 1.00 bits per heavy atom. The van der Waals surface area contributed by atoms with Crippen LogP contribution in [0.2, 0.25) is 0 Å². The molecule has 136 valence electrons. The summed E-state index contributed by atoms with van der Waals surface area (Å²) in [4.78, 5) is 0. The minimum Gasteiger partial charge on any atom is -0.492 e. The molecule has 0 aliphatic carbocycles. The first-order chi connectivity index (χ1) is 11.7. The number of para-hydroxylation sites is 1. The quantitative estimate of drug-likeness (QED) is 0.764. The molecule has 2 aromatic carbocycles. The summed E-state index contributed by atoms with van der Waals surface area (Å²) >= 11 is 0. The topological polar surface area (TPSA) is 55.4 Å². The zero-order valence-corrected chi connectivity index (χ0v) is 16.2. The van der Waals surface area contributed by atoms with Gasteiger partial charge in [0.05, 0.1) is 5.75 Å². The van der Waals surface area contributed by atoms with E-state index in [4.69, 9.17) is 4.74 Å². The third-order valence-electron chi connectivity index (χ3n) is 3.85. The van der Waals surface area contributed by atoms with Crippen LogP contribution in [0.25, 0.3) is 0 Å². The number of benzene rings is 2. The minimum absolute atomic E-state index is 0.0220. The van der Waals surface area contributed by atoms with Crippen LogP contribution in [0, 0.1) is 6.92 Å². The highest BCUT2D eigenvalue weighted by Gasteiger charge is 2.18. The molecule has 0 fully saturated rings. The summed E-state index contributed by atoms with van der Waals surface area (Å²) in [6, 6.07) is 15.4. The fourth-order valence-corrected chi connectivity index (χ4v) is 3.65. The molecule has 0 radical (unpaired) electrons. The lowest BCUT2D eigenvalue weighted by atomic mass is 9.86. The maximum atomic E-state index is 12.2. The molecule has 0 heterocycles. The molecule has 4 nitrogen and oxygen atoms in total. The maximum absolute atomic E-state index is 12.2. The molecule has 0 spiro atoms. The van der Waals surface area contributed by atoms with E-state index in [0.29, 0.717) is 6.61 Å². The van der Waals surface area contributed by atoms with Gasteiger partial charge in [0.1, 0.15) is 12.4 Å². The Bertz CT molecular complexity index is 790. The van der Waals surface area contributed by atoms with Gasteiger partial charge >= 0.3 is 0 Å². The number of nitrogens with one attached hydrogen (secondary N) is 1. The van der Waals surface area contributed by atoms with Crippen molar-refractivity contribution in [1.82, 2.24) is 4.72 Å². The highest BCUT2D eigenvalue weighted by Crippen LogP contribution is 2.30. The molecular weight excluding hydrogens is 334 g/mol. The Balaban J connectivity index is 1.88. The predicted octanol–water partition coefficient (Wildman–Crippen LogP) is 3.79. The molecule has 0 aliphatic rings. The Labute approximate surface area is 151 Å². The van der Waals surface area contributed by atoms with Crippen molar-refractivity contribution in [1.29, 1.82) is 0 Å². The lowest BCUT2D eigenvalue weighted by Crippen LogP contribution is -2.29. The second kappa shape index (κ2) is 8.02. The monoisotopic (exact) mass is 361 g/mol. The fraction of sp³-hybridized carbons (Fsp3) is 0.400. The average Bonchev–Trinajstić information content (AvgIpc) is 2.53. The molecule has 0 bridgehead atoms. The van der Waals surface area contributed by atoms with Gasteiger partial charge in [-0.25, -0.2) is 13.1 Å². The zero-order valence-electron chi connectivity index (χ0n) is 15.4. The number of rotatable bonds is 7. The van der Waals surface area contributed by atoms with Gasteiger partial charge in [-0.05, 0) is 29.5 Å². The maximum Gasteiger partial charge on any atom is 0.215 e. The molecule has 2 aromatic rings. The van der Waals surface area contributed by atoms with Gasteiger partial charge in [-0.1, -0.05) is 68.8 Å². The van der Waals surface area contributed by atoms with Crippen LogP contribution in [0.1, 0.15) is 37.5 Å². The summed E-state index contributed by atoms with van der Waals surface area (Å²) in [6.07, 6.45) is 0. The molecule has 0 aromatic heterocycles. The van der Waals surface area contributed by atoms with E-state index in [1.165, 1.54) is 0 Å². The van der Waals surface area contributed by atoms with Crippen molar-refractivity contribution >= 4 is 10.0 Å². The number of ether oxygens (including phenoxy) is 1. The van der Waals surface area contributed by atoms with Gasteiger partial charge in [0, 0.05) is 6.54 Å². The Morgan fingerprint density at radius 3 is 2.28 bits per heavy atom. The van der Waals surface area contributed by atoms with Gasteiger partial charge in [0.25, 0.3) is 0 Å². The van der Waals surface area contributed by atoms with E-state index in [1.807, 2.05) is 55.5 Å². The first kappa shape index (κ1) is 19.5. The normalized spacial score (nSPS) is 12.2.